The Kier molecular flexibility index (Phi) is 9.82. The molecule has 1 heterocycles. The maximum absolute atomic E-state index is 13.1. The number of halogens is 3. The second kappa shape index (κ2) is 13.0. The van der Waals surface area contributed by atoms with Gasteiger partial charge < -0.3 is 14.5 Å². The molecule has 0 bridgehead atoms. The molecule has 1 aromatic heterocycles. The first-order valence-electron chi connectivity index (χ1n) is 12.3. The van der Waals surface area contributed by atoms with E-state index in [1.165, 1.54) is 37.8 Å². The minimum atomic E-state index is -4.54. The number of aliphatic carboxylic acids is 1. The highest BCUT2D eigenvalue weighted by atomic mass is 19.4. The number of carbonyl (C=O) groups excluding carboxylic acids is 1. The van der Waals surface area contributed by atoms with Gasteiger partial charge in [-0.2, -0.15) is 13.2 Å². The van der Waals surface area contributed by atoms with E-state index in [1.54, 1.807) is 24.3 Å². The molecule has 0 aliphatic rings. The molecule has 1 N–H and O–H groups in total. The van der Waals surface area contributed by atoms with E-state index in [0.29, 0.717) is 11.3 Å². The van der Waals surface area contributed by atoms with Crippen LogP contribution in [0.3, 0.4) is 0 Å². The smallest absolute Gasteiger partial charge is 0.416 e. The van der Waals surface area contributed by atoms with E-state index in [0.717, 1.165) is 47.6 Å². The van der Waals surface area contributed by atoms with E-state index in [1.807, 2.05) is 0 Å². The van der Waals surface area contributed by atoms with Crippen molar-refractivity contribution in [2.24, 2.45) is 0 Å². The Morgan fingerprint density at radius 1 is 0.946 bits per heavy atom. The van der Waals surface area contributed by atoms with Gasteiger partial charge >= 0.3 is 18.1 Å². The molecule has 0 saturated heterocycles. The lowest BCUT2D eigenvalue weighted by Gasteiger charge is -2.21. The fourth-order valence-electron chi connectivity index (χ4n) is 4.05. The van der Waals surface area contributed by atoms with E-state index in [2.05, 4.69) is 17.3 Å². The number of hydrogen-bond acceptors (Lipinski definition) is 5. The second-order valence-corrected chi connectivity index (χ2v) is 8.93. The van der Waals surface area contributed by atoms with Crippen LogP contribution in [0.15, 0.2) is 53.1 Å². The number of amides is 1. The van der Waals surface area contributed by atoms with Crippen molar-refractivity contribution >= 4 is 11.9 Å². The molecule has 198 valence electrons. The second-order valence-electron chi connectivity index (χ2n) is 8.93. The minimum absolute atomic E-state index is 0.0963. The van der Waals surface area contributed by atoms with Crippen LogP contribution >= 0.6 is 0 Å². The van der Waals surface area contributed by atoms with Crippen molar-refractivity contribution in [2.45, 2.75) is 71.1 Å². The molecule has 0 unspecified atom stereocenters. The summed E-state index contributed by atoms with van der Waals surface area (Å²) in [5.41, 5.74) is 1.41. The van der Waals surface area contributed by atoms with Gasteiger partial charge in [0, 0.05) is 23.9 Å². The summed E-state index contributed by atoms with van der Waals surface area (Å²) < 4.78 is 44.5. The Labute approximate surface area is 213 Å². The predicted molar refractivity (Wildman–Crippen MR) is 130 cm³/mol. The highest BCUT2D eigenvalue weighted by molar-refractivity contribution is 6.31. The summed E-state index contributed by atoms with van der Waals surface area (Å²) in [4.78, 5) is 24.6. The number of benzene rings is 2. The summed E-state index contributed by atoms with van der Waals surface area (Å²) in [6.07, 6.45) is 3.10. The van der Waals surface area contributed by atoms with Crippen molar-refractivity contribution < 1.29 is 32.4 Å². The molecule has 0 saturated carbocycles. The number of nitrogens with zero attached hydrogens (tertiary/aromatic N) is 3. The maximum atomic E-state index is 13.1. The number of unbranched alkanes of at least 4 members (excludes halogenated alkanes) is 5. The molecule has 37 heavy (non-hydrogen) atoms. The van der Waals surface area contributed by atoms with Crippen LogP contribution in [-0.2, 0) is 35.3 Å². The zero-order chi connectivity index (χ0) is 26.8. The highest BCUT2D eigenvalue weighted by Gasteiger charge is 2.31. The summed E-state index contributed by atoms with van der Waals surface area (Å²) in [7, 11) is 0. The molecule has 1 amide bonds. The van der Waals surface area contributed by atoms with Gasteiger partial charge in [0.2, 0.25) is 0 Å². The number of hydrogen-bond donors (Lipinski definition) is 1. The van der Waals surface area contributed by atoms with Gasteiger partial charge in [-0.25, -0.2) is 4.79 Å². The van der Waals surface area contributed by atoms with Crippen LogP contribution in [0.4, 0.5) is 13.2 Å². The number of alkyl halides is 3. The fraction of sp³-hybridized carbons (Fsp3) is 0.407. The monoisotopic (exact) mass is 517 g/mol. The third-order valence-electron chi connectivity index (χ3n) is 6.01. The molecule has 0 fully saturated rings. The quantitative estimate of drug-likeness (QED) is 0.225. The molecule has 3 rings (SSSR count). The number of carboxylic acids is 1. The van der Waals surface area contributed by atoms with Gasteiger partial charge in [0.1, 0.15) is 5.69 Å². The van der Waals surface area contributed by atoms with E-state index in [9.17, 15) is 27.9 Å². The standard InChI is InChI=1S/C27H30F3N3O4/c1-2-3-4-5-6-7-11-23-24(37-32-31-23)21-14-12-19(13-15-21)17-33(25(34)26(35)36)18-20-9-8-10-22(16-20)27(28,29)30/h8-10,12-16H,2-7,11,17-18H2,1H3,(H,35,36). The maximum Gasteiger partial charge on any atom is 0.416 e. The molecular formula is C27H30F3N3O4. The Bertz CT molecular complexity index is 1180. The van der Waals surface area contributed by atoms with Crippen LogP contribution in [0.2, 0.25) is 0 Å². The van der Waals surface area contributed by atoms with Gasteiger partial charge in [0.25, 0.3) is 0 Å². The lowest BCUT2D eigenvalue weighted by Crippen LogP contribution is -2.35. The lowest BCUT2D eigenvalue weighted by molar-refractivity contribution is -0.156. The first-order chi connectivity index (χ1) is 17.7. The third-order valence-corrected chi connectivity index (χ3v) is 6.01. The van der Waals surface area contributed by atoms with Gasteiger partial charge in [0.05, 0.1) is 5.56 Å². The largest absolute Gasteiger partial charge is 0.474 e. The Balaban J connectivity index is 1.69. The zero-order valence-corrected chi connectivity index (χ0v) is 20.6. The molecular weight excluding hydrogens is 487 g/mol. The Morgan fingerprint density at radius 2 is 1.62 bits per heavy atom. The lowest BCUT2D eigenvalue weighted by atomic mass is 10.0. The number of carbonyl (C=O) groups is 2. The summed E-state index contributed by atoms with van der Waals surface area (Å²) in [6.45, 7) is 1.79. The van der Waals surface area contributed by atoms with E-state index >= 15 is 0 Å². The summed E-state index contributed by atoms with van der Waals surface area (Å²) in [5.74, 6) is -2.33. The van der Waals surface area contributed by atoms with Crippen molar-refractivity contribution in [3.63, 3.8) is 0 Å². The molecule has 0 radical (unpaired) electrons. The average molecular weight is 518 g/mol. The summed E-state index contributed by atoms with van der Waals surface area (Å²) in [5, 5.41) is 17.0. The van der Waals surface area contributed by atoms with E-state index in [-0.39, 0.29) is 18.7 Å². The molecule has 3 aromatic rings. The number of carboxylic acid groups (broad SMARTS) is 1. The Morgan fingerprint density at radius 3 is 2.30 bits per heavy atom. The van der Waals surface area contributed by atoms with Crippen molar-refractivity contribution in [2.75, 3.05) is 0 Å². The Hall–Kier alpha value is -3.69. The molecule has 2 aromatic carbocycles. The van der Waals surface area contributed by atoms with Crippen LogP contribution < -0.4 is 0 Å². The predicted octanol–water partition coefficient (Wildman–Crippen LogP) is 6.27. The highest BCUT2D eigenvalue weighted by Crippen LogP contribution is 2.30. The number of aryl methyl sites for hydroxylation is 1. The van der Waals surface area contributed by atoms with E-state index in [4.69, 9.17) is 4.52 Å². The molecule has 10 heteroatoms. The third kappa shape index (κ3) is 8.16. The van der Waals surface area contributed by atoms with Crippen molar-refractivity contribution in [3.05, 3.63) is 70.9 Å². The van der Waals surface area contributed by atoms with Crippen molar-refractivity contribution in [3.8, 4) is 11.3 Å². The van der Waals surface area contributed by atoms with Gasteiger partial charge in [-0.15, -0.1) is 5.10 Å². The molecule has 0 aliphatic heterocycles. The minimum Gasteiger partial charge on any atom is -0.474 e. The van der Waals surface area contributed by atoms with Crippen LogP contribution in [0.25, 0.3) is 11.3 Å². The SMILES string of the molecule is CCCCCCCCc1nnoc1-c1ccc(CN(Cc2cccc(C(F)(F)F)c2)C(=O)C(=O)O)cc1. The summed E-state index contributed by atoms with van der Waals surface area (Å²) in [6, 6.07) is 11.4. The fourth-order valence-corrected chi connectivity index (χ4v) is 4.05. The number of aromatic nitrogens is 2. The van der Waals surface area contributed by atoms with Crippen LogP contribution in [0, 0.1) is 0 Å². The zero-order valence-electron chi connectivity index (χ0n) is 20.6. The normalized spacial score (nSPS) is 11.5. The van der Waals surface area contributed by atoms with Crippen LogP contribution in [0.1, 0.15) is 67.8 Å². The topological polar surface area (TPSA) is 96.5 Å². The van der Waals surface area contributed by atoms with Gasteiger partial charge in [-0.1, -0.05) is 75.4 Å². The van der Waals surface area contributed by atoms with Gasteiger partial charge in [-0.05, 0) is 36.1 Å². The average Bonchev–Trinajstić information content (AvgIpc) is 3.34. The molecule has 0 spiro atoms. The van der Waals surface area contributed by atoms with Gasteiger partial charge in [-0.3, -0.25) is 4.79 Å². The van der Waals surface area contributed by atoms with E-state index < -0.39 is 23.6 Å². The first kappa shape index (κ1) is 27.9. The van der Waals surface area contributed by atoms with Crippen molar-refractivity contribution in [1.82, 2.24) is 15.3 Å². The first-order valence-corrected chi connectivity index (χ1v) is 12.3. The van der Waals surface area contributed by atoms with Crippen molar-refractivity contribution in [1.29, 1.82) is 0 Å². The van der Waals surface area contributed by atoms with Gasteiger partial charge in [0.15, 0.2) is 5.76 Å². The summed E-state index contributed by atoms with van der Waals surface area (Å²) >= 11 is 0. The van der Waals surface area contributed by atoms with Crippen LogP contribution in [0.5, 0.6) is 0 Å². The molecule has 0 atom stereocenters. The molecule has 0 aliphatic carbocycles. The van der Waals surface area contributed by atoms with Crippen LogP contribution in [-0.4, -0.2) is 32.3 Å². The molecule has 7 nitrogen and oxygen atoms in total. The number of rotatable bonds is 12.